The smallest absolute Gasteiger partial charge is 0.278 e. The summed E-state index contributed by atoms with van der Waals surface area (Å²) in [5.74, 6) is 0.0272. The summed E-state index contributed by atoms with van der Waals surface area (Å²) in [7, 11) is 1.55. The zero-order chi connectivity index (χ0) is 12.4. The SMILES string of the molecule is CN(CCn1cnc2nc(N)[nH]c(=O)c21)N=O. The number of nitrogen functional groups attached to an aromatic ring is 1. The minimum absolute atomic E-state index is 0.0272. The molecule has 0 saturated carbocycles. The van der Waals surface area contributed by atoms with Gasteiger partial charge in [-0.3, -0.25) is 14.8 Å². The Bertz CT molecular complexity index is 601. The molecule has 2 rings (SSSR count). The number of H-pyrrole nitrogens is 1. The fraction of sp³-hybridized carbons (Fsp3) is 0.375. The summed E-state index contributed by atoms with van der Waals surface area (Å²) < 4.78 is 1.60. The van der Waals surface area contributed by atoms with Crippen molar-refractivity contribution in [2.24, 2.45) is 5.29 Å². The van der Waals surface area contributed by atoms with Crippen LogP contribution in [0.25, 0.3) is 11.2 Å². The Morgan fingerprint density at radius 1 is 1.65 bits per heavy atom. The molecule has 0 aliphatic carbocycles. The van der Waals surface area contributed by atoms with Crippen molar-refractivity contribution in [1.29, 1.82) is 0 Å². The minimum atomic E-state index is -0.355. The van der Waals surface area contributed by atoms with Crippen LogP contribution in [0.1, 0.15) is 0 Å². The summed E-state index contributed by atoms with van der Waals surface area (Å²) in [5, 5.41) is 3.96. The van der Waals surface area contributed by atoms with E-state index in [1.165, 1.54) is 11.3 Å². The van der Waals surface area contributed by atoms with Gasteiger partial charge in [-0.05, 0) is 0 Å². The lowest BCUT2D eigenvalue weighted by molar-refractivity contribution is 0.333. The third-order valence-electron chi connectivity index (χ3n) is 2.31. The van der Waals surface area contributed by atoms with Crippen LogP contribution in [-0.4, -0.2) is 38.1 Å². The highest BCUT2D eigenvalue weighted by Crippen LogP contribution is 2.05. The summed E-state index contributed by atoms with van der Waals surface area (Å²) in [6, 6.07) is 0. The lowest BCUT2D eigenvalue weighted by Crippen LogP contribution is -2.20. The first-order chi connectivity index (χ1) is 8.11. The van der Waals surface area contributed by atoms with E-state index in [1.807, 2.05) is 0 Å². The Hall–Kier alpha value is -2.45. The van der Waals surface area contributed by atoms with Crippen molar-refractivity contribution < 1.29 is 0 Å². The highest BCUT2D eigenvalue weighted by atomic mass is 16.3. The molecule has 0 amide bonds. The van der Waals surface area contributed by atoms with Gasteiger partial charge in [-0.25, -0.2) is 4.98 Å². The van der Waals surface area contributed by atoms with Crippen molar-refractivity contribution in [3.05, 3.63) is 21.6 Å². The molecule has 9 nitrogen and oxygen atoms in total. The number of nitrogens with two attached hydrogens (primary N) is 1. The van der Waals surface area contributed by atoms with E-state index in [1.54, 1.807) is 11.6 Å². The number of anilines is 1. The average molecular weight is 237 g/mol. The molecule has 2 heterocycles. The molecule has 3 N–H and O–H groups in total. The van der Waals surface area contributed by atoms with Gasteiger partial charge in [0.1, 0.15) is 0 Å². The van der Waals surface area contributed by atoms with Crippen LogP contribution in [0.3, 0.4) is 0 Å². The summed E-state index contributed by atoms with van der Waals surface area (Å²) in [6.07, 6.45) is 1.48. The van der Waals surface area contributed by atoms with Crippen molar-refractivity contribution in [1.82, 2.24) is 24.5 Å². The molecule has 17 heavy (non-hydrogen) atoms. The molecule has 0 atom stereocenters. The van der Waals surface area contributed by atoms with E-state index in [9.17, 15) is 9.70 Å². The fourth-order valence-electron chi connectivity index (χ4n) is 1.47. The van der Waals surface area contributed by atoms with Crippen LogP contribution < -0.4 is 11.3 Å². The Morgan fingerprint density at radius 3 is 3.12 bits per heavy atom. The summed E-state index contributed by atoms with van der Waals surface area (Å²) in [5.41, 5.74) is 5.66. The number of rotatable bonds is 4. The zero-order valence-electron chi connectivity index (χ0n) is 9.12. The molecule has 2 aromatic heterocycles. The van der Waals surface area contributed by atoms with Gasteiger partial charge < -0.3 is 10.3 Å². The first-order valence-electron chi connectivity index (χ1n) is 4.87. The number of fused-ring (bicyclic) bond motifs is 1. The van der Waals surface area contributed by atoms with Gasteiger partial charge in [0.05, 0.1) is 18.2 Å². The van der Waals surface area contributed by atoms with E-state index in [-0.39, 0.29) is 17.2 Å². The van der Waals surface area contributed by atoms with Crippen molar-refractivity contribution in [2.45, 2.75) is 6.54 Å². The Morgan fingerprint density at radius 2 is 2.41 bits per heavy atom. The van der Waals surface area contributed by atoms with Crippen LogP contribution >= 0.6 is 0 Å². The Balaban J connectivity index is 2.36. The van der Waals surface area contributed by atoms with E-state index in [0.717, 1.165) is 0 Å². The number of aromatic amines is 1. The van der Waals surface area contributed by atoms with Crippen LogP contribution in [0.2, 0.25) is 0 Å². The number of hydrogen-bond donors (Lipinski definition) is 2. The normalized spacial score (nSPS) is 10.6. The summed E-state index contributed by atoms with van der Waals surface area (Å²) >= 11 is 0. The number of nitrogens with zero attached hydrogens (tertiary/aromatic N) is 5. The van der Waals surface area contributed by atoms with Gasteiger partial charge in [-0.15, -0.1) is 4.91 Å². The Labute approximate surface area is 95.2 Å². The fourth-order valence-corrected chi connectivity index (χ4v) is 1.47. The van der Waals surface area contributed by atoms with Crippen molar-refractivity contribution in [3.8, 4) is 0 Å². The maximum Gasteiger partial charge on any atom is 0.278 e. The van der Waals surface area contributed by atoms with E-state index >= 15 is 0 Å². The maximum absolute atomic E-state index is 11.7. The van der Waals surface area contributed by atoms with Crippen molar-refractivity contribution in [3.63, 3.8) is 0 Å². The molecule has 0 saturated heterocycles. The molecule has 2 aromatic rings. The molecule has 0 radical (unpaired) electrons. The van der Waals surface area contributed by atoms with Crippen LogP contribution in [-0.2, 0) is 6.54 Å². The average Bonchev–Trinajstić information content (AvgIpc) is 2.69. The lowest BCUT2D eigenvalue weighted by Gasteiger charge is -2.08. The van der Waals surface area contributed by atoms with Gasteiger partial charge in [0.2, 0.25) is 5.95 Å². The molecule has 0 unspecified atom stereocenters. The van der Waals surface area contributed by atoms with Crippen molar-refractivity contribution >= 4 is 17.1 Å². The van der Waals surface area contributed by atoms with E-state index in [4.69, 9.17) is 5.73 Å². The van der Waals surface area contributed by atoms with E-state index in [0.29, 0.717) is 18.6 Å². The predicted molar refractivity (Wildman–Crippen MR) is 61.0 cm³/mol. The highest BCUT2D eigenvalue weighted by Gasteiger charge is 2.09. The van der Waals surface area contributed by atoms with Crippen LogP contribution in [0.4, 0.5) is 5.95 Å². The molecule has 0 spiro atoms. The predicted octanol–water partition coefficient (Wildman–Crippen LogP) is -0.685. The molecule has 0 aliphatic heterocycles. The van der Waals surface area contributed by atoms with E-state index in [2.05, 4.69) is 20.2 Å². The number of nitroso groups, excluding NO2 is 1. The van der Waals surface area contributed by atoms with Crippen LogP contribution in [0.15, 0.2) is 16.4 Å². The van der Waals surface area contributed by atoms with Gasteiger partial charge in [-0.1, -0.05) is 0 Å². The monoisotopic (exact) mass is 237 g/mol. The topological polar surface area (TPSA) is 122 Å². The molecular weight excluding hydrogens is 226 g/mol. The van der Waals surface area contributed by atoms with E-state index < -0.39 is 0 Å². The second kappa shape index (κ2) is 4.20. The third kappa shape index (κ3) is 2.07. The first-order valence-corrected chi connectivity index (χ1v) is 4.87. The zero-order valence-corrected chi connectivity index (χ0v) is 9.12. The minimum Gasteiger partial charge on any atom is -0.369 e. The van der Waals surface area contributed by atoms with Gasteiger partial charge >= 0.3 is 0 Å². The second-order valence-corrected chi connectivity index (χ2v) is 3.52. The number of hydrogen-bond acceptors (Lipinski definition) is 6. The van der Waals surface area contributed by atoms with Crippen LogP contribution in [0, 0.1) is 4.91 Å². The largest absolute Gasteiger partial charge is 0.369 e. The molecule has 0 aliphatic rings. The molecule has 0 bridgehead atoms. The lowest BCUT2D eigenvalue weighted by atomic mass is 10.5. The van der Waals surface area contributed by atoms with Crippen LogP contribution in [0.5, 0.6) is 0 Å². The Kier molecular flexibility index (Phi) is 2.73. The van der Waals surface area contributed by atoms with Gasteiger partial charge in [0.25, 0.3) is 5.56 Å². The summed E-state index contributed by atoms with van der Waals surface area (Å²) in [4.78, 5) is 32.1. The second-order valence-electron chi connectivity index (χ2n) is 3.52. The van der Waals surface area contributed by atoms with Gasteiger partial charge in [-0.2, -0.15) is 4.98 Å². The standard InChI is InChI=1S/C8H11N7O2/c1-14(13-17)2-3-15-4-10-6-5(15)7(16)12-8(9)11-6/h4H,2-3H2,1H3,(H3,9,11,12,16). The first kappa shape index (κ1) is 11.0. The molecule has 9 heteroatoms. The maximum atomic E-state index is 11.7. The van der Waals surface area contributed by atoms with Gasteiger partial charge in [0, 0.05) is 13.6 Å². The number of nitrogens with one attached hydrogen (secondary N) is 1. The third-order valence-corrected chi connectivity index (χ3v) is 2.31. The molecule has 0 fully saturated rings. The molecule has 90 valence electrons. The number of imidazole rings is 1. The molecular formula is C8H11N7O2. The highest BCUT2D eigenvalue weighted by molar-refractivity contribution is 5.70. The summed E-state index contributed by atoms with van der Waals surface area (Å²) in [6.45, 7) is 0.784. The number of aromatic nitrogens is 4. The molecule has 0 aromatic carbocycles. The van der Waals surface area contributed by atoms with Crippen molar-refractivity contribution in [2.75, 3.05) is 19.3 Å². The quantitative estimate of drug-likeness (QED) is 0.536. The van der Waals surface area contributed by atoms with Gasteiger partial charge in [0.15, 0.2) is 11.2 Å². The number of likely N-dealkylation sites (N-methyl/N-ethyl adjacent to an activating group) is 1.